The van der Waals surface area contributed by atoms with Crippen LogP contribution in [-0.4, -0.2) is 5.91 Å². The highest BCUT2D eigenvalue weighted by atomic mass is 19.1. The molecular weight excluding hydrogens is 219 g/mol. The van der Waals surface area contributed by atoms with E-state index in [0.29, 0.717) is 11.4 Å². The number of carbonyl (C=O) groups excluding carboxylic acids is 1. The van der Waals surface area contributed by atoms with Crippen LogP contribution in [0.2, 0.25) is 0 Å². The maximum absolute atomic E-state index is 13.1. The van der Waals surface area contributed by atoms with Gasteiger partial charge in [0.2, 0.25) is 5.91 Å². The Hall–Kier alpha value is -1.58. The third-order valence-electron chi connectivity index (χ3n) is 3.80. The van der Waals surface area contributed by atoms with Gasteiger partial charge >= 0.3 is 0 Å². The smallest absolute Gasteiger partial charge is 0.227 e. The third-order valence-corrected chi connectivity index (χ3v) is 3.80. The van der Waals surface area contributed by atoms with Crippen LogP contribution in [0.4, 0.5) is 15.8 Å². The molecule has 2 aliphatic carbocycles. The lowest BCUT2D eigenvalue weighted by Crippen LogP contribution is -2.21. The number of carbonyl (C=O) groups is 1. The lowest BCUT2D eigenvalue weighted by molar-refractivity contribution is -0.120. The molecule has 1 amide bonds. The van der Waals surface area contributed by atoms with Gasteiger partial charge in [-0.05, 0) is 49.3 Å². The van der Waals surface area contributed by atoms with E-state index in [4.69, 9.17) is 5.73 Å². The number of hydrogen-bond acceptors (Lipinski definition) is 2. The first-order valence-corrected chi connectivity index (χ1v) is 5.99. The molecule has 1 aromatic carbocycles. The summed E-state index contributed by atoms with van der Waals surface area (Å²) in [7, 11) is 0. The Morgan fingerprint density at radius 1 is 1.24 bits per heavy atom. The van der Waals surface area contributed by atoms with E-state index >= 15 is 0 Å². The average molecular weight is 234 g/mol. The van der Waals surface area contributed by atoms with Crippen molar-refractivity contribution in [2.45, 2.75) is 19.3 Å². The van der Waals surface area contributed by atoms with Crippen LogP contribution in [-0.2, 0) is 4.79 Å². The molecule has 4 heteroatoms. The number of halogens is 1. The summed E-state index contributed by atoms with van der Waals surface area (Å²) >= 11 is 0. The monoisotopic (exact) mass is 234 g/mol. The largest absolute Gasteiger partial charge is 0.399 e. The number of fused-ring (bicyclic) bond motifs is 1. The Morgan fingerprint density at radius 2 is 1.94 bits per heavy atom. The average Bonchev–Trinajstić information content (AvgIpc) is 2.84. The molecule has 2 aliphatic rings. The molecule has 2 fully saturated rings. The molecule has 0 spiro atoms. The number of hydrogen-bond donors (Lipinski definition) is 2. The van der Waals surface area contributed by atoms with Crippen molar-refractivity contribution in [1.82, 2.24) is 0 Å². The molecule has 2 unspecified atom stereocenters. The van der Waals surface area contributed by atoms with E-state index in [1.54, 1.807) is 6.07 Å². The fourth-order valence-electron chi connectivity index (χ4n) is 2.86. The highest BCUT2D eigenvalue weighted by molar-refractivity contribution is 5.93. The molecule has 0 heterocycles. The van der Waals surface area contributed by atoms with Gasteiger partial charge in [0.1, 0.15) is 5.82 Å². The van der Waals surface area contributed by atoms with Crippen LogP contribution in [0.25, 0.3) is 0 Å². The molecule has 0 saturated heterocycles. The zero-order valence-electron chi connectivity index (χ0n) is 9.45. The number of anilines is 2. The second-order valence-electron chi connectivity index (χ2n) is 5.19. The highest BCUT2D eigenvalue weighted by Gasteiger charge is 2.47. The number of benzene rings is 1. The van der Waals surface area contributed by atoms with E-state index < -0.39 is 5.82 Å². The first-order valence-electron chi connectivity index (χ1n) is 5.99. The maximum Gasteiger partial charge on any atom is 0.227 e. The van der Waals surface area contributed by atoms with E-state index in [2.05, 4.69) is 5.32 Å². The molecule has 1 aromatic rings. The van der Waals surface area contributed by atoms with E-state index in [-0.39, 0.29) is 11.8 Å². The molecule has 2 atom stereocenters. The number of nitrogens with two attached hydrogens (primary N) is 1. The van der Waals surface area contributed by atoms with Gasteiger partial charge < -0.3 is 11.1 Å². The fourth-order valence-corrected chi connectivity index (χ4v) is 2.86. The number of nitrogens with one attached hydrogen (secondary N) is 1. The summed E-state index contributed by atoms with van der Waals surface area (Å²) in [4.78, 5) is 11.9. The molecule has 3 nitrogen and oxygen atoms in total. The molecule has 3 N–H and O–H groups in total. The van der Waals surface area contributed by atoms with Crippen LogP contribution in [0.3, 0.4) is 0 Å². The highest BCUT2D eigenvalue weighted by Crippen LogP contribution is 2.54. The minimum absolute atomic E-state index is 0.00204. The van der Waals surface area contributed by atoms with Crippen molar-refractivity contribution in [3.05, 3.63) is 24.0 Å². The maximum atomic E-state index is 13.1. The van der Waals surface area contributed by atoms with Gasteiger partial charge in [-0.1, -0.05) is 0 Å². The van der Waals surface area contributed by atoms with Gasteiger partial charge in [-0.15, -0.1) is 0 Å². The fraction of sp³-hybridized carbons (Fsp3) is 0.462. The summed E-state index contributed by atoms with van der Waals surface area (Å²) in [6.45, 7) is 0. The Bertz CT molecular complexity index is 444. The Balaban J connectivity index is 1.67. The standard InChI is InChI=1S/C13H15FN2O/c14-10-4-11(15)6-12(5-10)16-13(17)9-2-7-1-8(7)3-9/h4-9H,1-3,15H2,(H,16,17). The van der Waals surface area contributed by atoms with Gasteiger partial charge in [0.25, 0.3) is 0 Å². The van der Waals surface area contributed by atoms with Crippen molar-refractivity contribution in [2.24, 2.45) is 17.8 Å². The summed E-state index contributed by atoms with van der Waals surface area (Å²) in [5.74, 6) is 1.21. The van der Waals surface area contributed by atoms with Crippen molar-refractivity contribution >= 4 is 17.3 Å². The molecule has 0 bridgehead atoms. The van der Waals surface area contributed by atoms with Crippen molar-refractivity contribution in [1.29, 1.82) is 0 Å². The van der Waals surface area contributed by atoms with Gasteiger partial charge in [0.05, 0.1) is 0 Å². The molecule has 2 saturated carbocycles. The number of amides is 1. The molecule has 90 valence electrons. The van der Waals surface area contributed by atoms with Crippen LogP contribution in [0, 0.1) is 23.6 Å². The van der Waals surface area contributed by atoms with E-state index in [9.17, 15) is 9.18 Å². The summed E-state index contributed by atoms with van der Waals surface area (Å²) in [5.41, 5.74) is 6.31. The predicted molar refractivity (Wildman–Crippen MR) is 63.8 cm³/mol. The van der Waals surface area contributed by atoms with E-state index in [0.717, 1.165) is 24.7 Å². The summed E-state index contributed by atoms with van der Waals surface area (Å²) in [5, 5.41) is 2.75. The van der Waals surface area contributed by atoms with Crippen molar-refractivity contribution in [3.8, 4) is 0 Å². The lowest BCUT2D eigenvalue weighted by atomic mass is 10.0. The van der Waals surface area contributed by atoms with Crippen LogP contribution in [0.1, 0.15) is 19.3 Å². The first-order chi connectivity index (χ1) is 8.11. The van der Waals surface area contributed by atoms with Gasteiger partial charge in [-0.2, -0.15) is 0 Å². The number of rotatable bonds is 2. The molecule has 17 heavy (non-hydrogen) atoms. The Labute approximate surface area is 99.2 Å². The minimum Gasteiger partial charge on any atom is -0.399 e. The topological polar surface area (TPSA) is 55.1 Å². The van der Waals surface area contributed by atoms with E-state index in [1.807, 2.05) is 0 Å². The normalized spacial score (nSPS) is 29.8. The Morgan fingerprint density at radius 3 is 2.59 bits per heavy atom. The first kappa shape index (κ1) is 10.6. The van der Waals surface area contributed by atoms with Gasteiger partial charge in [-0.3, -0.25) is 4.79 Å². The van der Waals surface area contributed by atoms with Crippen LogP contribution in [0.5, 0.6) is 0 Å². The van der Waals surface area contributed by atoms with E-state index in [1.165, 1.54) is 18.6 Å². The Kier molecular flexibility index (Phi) is 2.31. The number of nitrogen functional groups attached to an aromatic ring is 1. The quantitative estimate of drug-likeness (QED) is 0.772. The lowest BCUT2D eigenvalue weighted by Gasteiger charge is -2.12. The second-order valence-corrected chi connectivity index (χ2v) is 5.19. The summed E-state index contributed by atoms with van der Waals surface area (Å²) in [6, 6.07) is 4.11. The minimum atomic E-state index is -0.422. The van der Waals surface area contributed by atoms with Crippen LogP contribution in [0.15, 0.2) is 18.2 Å². The second kappa shape index (κ2) is 3.72. The zero-order valence-corrected chi connectivity index (χ0v) is 9.45. The molecule has 3 rings (SSSR count). The van der Waals surface area contributed by atoms with Crippen molar-refractivity contribution in [3.63, 3.8) is 0 Å². The van der Waals surface area contributed by atoms with Gasteiger partial charge in [-0.25, -0.2) is 4.39 Å². The predicted octanol–water partition coefficient (Wildman–Crippen LogP) is 2.39. The third kappa shape index (κ3) is 2.12. The van der Waals surface area contributed by atoms with Gasteiger partial charge in [0.15, 0.2) is 0 Å². The molecule has 0 radical (unpaired) electrons. The van der Waals surface area contributed by atoms with Gasteiger partial charge in [0, 0.05) is 17.3 Å². The molecule has 0 aromatic heterocycles. The SMILES string of the molecule is Nc1cc(F)cc(NC(=O)C2CC3CC3C2)c1. The summed E-state index contributed by atoms with van der Waals surface area (Å²) < 4.78 is 13.1. The zero-order chi connectivity index (χ0) is 12.0. The molecule has 0 aliphatic heterocycles. The van der Waals surface area contributed by atoms with Crippen molar-refractivity contribution < 1.29 is 9.18 Å². The van der Waals surface area contributed by atoms with Crippen molar-refractivity contribution in [2.75, 3.05) is 11.1 Å². The summed E-state index contributed by atoms with van der Waals surface area (Å²) in [6.07, 6.45) is 3.26. The van der Waals surface area contributed by atoms with Crippen LogP contribution >= 0.6 is 0 Å². The van der Waals surface area contributed by atoms with Crippen LogP contribution < -0.4 is 11.1 Å². The molecular formula is C13H15FN2O.